The van der Waals surface area contributed by atoms with E-state index in [-0.39, 0.29) is 23.4 Å². The zero-order valence-electron chi connectivity index (χ0n) is 15.1. The van der Waals surface area contributed by atoms with Crippen molar-refractivity contribution in [2.45, 2.75) is 31.2 Å². The van der Waals surface area contributed by atoms with Crippen LogP contribution in [-0.2, 0) is 21.2 Å². The van der Waals surface area contributed by atoms with Crippen LogP contribution in [0.4, 0.5) is 0 Å². The standard InChI is InChI=1S/C19H22N2O5S/c1-3-20-27(25,26)15-10-9-13(2)16(12-15)18(22)21-17(19(23)24)11-14-7-5-4-6-8-14/h4-10,12,17,20H,3,11H2,1-2H3,(H,21,22)(H,23,24)/t17-/m1/s1. The van der Waals surface area contributed by atoms with Gasteiger partial charge in [-0.15, -0.1) is 0 Å². The topological polar surface area (TPSA) is 113 Å². The molecule has 0 spiro atoms. The zero-order valence-corrected chi connectivity index (χ0v) is 15.9. The van der Waals surface area contributed by atoms with Crippen molar-refractivity contribution in [3.05, 3.63) is 65.2 Å². The molecule has 144 valence electrons. The number of carboxylic acids is 1. The number of benzene rings is 2. The number of hydrogen-bond acceptors (Lipinski definition) is 4. The number of aryl methyl sites for hydroxylation is 1. The van der Waals surface area contributed by atoms with E-state index < -0.39 is 27.9 Å². The normalized spacial score (nSPS) is 12.4. The van der Waals surface area contributed by atoms with Crippen molar-refractivity contribution in [1.82, 2.24) is 10.0 Å². The van der Waals surface area contributed by atoms with Crippen LogP contribution in [-0.4, -0.2) is 38.0 Å². The van der Waals surface area contributed by atoms with Gasteiger partial charge in [-0.05, 0) is 30.2 Å². The molecule has 0 aliphatic rings. The average molecular weight is 390 g/mol. The third-order valence-corrected chi connectivity index (χ3v) is 5.53. The number of hydrogen-bond donors (Lipinski definition) is 3. The fraction of sp³-hybridized carbons (Fsp3) is 0.263. The van der Waals surface area contributed by atoms with Crippen LogP contribution in [0.15, 0.2) is 53.4 Å². The molecular formula is C19H22N2O5S. The molecule has 0 aliphatic heterocycles. The predicted octanol–water partition coefficient (Wildman–Crippen LogP) is 1.72. The van der Waals surface area contributed by atoms with E-state index in [1.807, 2.05) is 6.07 Å². The minimum absolute atomic E-state index is 0.0463. The highest BCUT2D eigenvalue weighted by molar-refractivity contribution is 7.89. The minimum atomic E-state index is -3.72. The zero-order chi connectivity index (χ0) is 20.0. The molecule has 0 bridgehead atoms. The Morgan fingerprint density at radius 3 is 2.37 bits per heavy atom. The SMILES string of the molecule is CCNS(=O)(=O)c1ccc(C)c(C(=O)N[C@H](Cc2ccccc2)C(=O)O)c1. The molecule has 2 rings (SSSR count). The summed E-state index contributed by atoms with van der Waals surface area (Å²) in [4.78, 5) is 24.1. The first kappa shape index (κ1) is 20.6. The highest BCUT2D eigenvalue weighted by Crippen LogP contribution is 2.16. The summed E-state index contributed by atoms with van der Waals surface area (Å²) >= 11 is 0. The predicted molar refractivity (Wildman–Crippen MR) is 101 cm³/mol. The van der Waals surface area contributed by atoms with E-state index in [9.17, 15) is 23.1 Å². The van der Waals surface area contributed by atoms with Crippen molar-refractivity contribution in [3.63, 3.8) is 0 Å². The van der Waals surface area contributed by atoms with Crippen LogP contribution in [0.3, 0.4) is 0 Å². The summed E-state index contributed by atoms with van der Waals surface area (Å²) in [6.45, 7) is 3.53. The van der Waals surface area contributed by atoms with Crippen molar-refractivity contribution in [1.29, 1.82) is 0 Å². The Morgan fingerprint density at radius 2 is 1.78 bits per heavy atom. The third kappa shape index (κ3) is 5.38. The summed E-state index contributed by atoms with van der Waals surface area (Å²) in [7, 11) is -3.72. The first-order chi connectivity index (χ1) is 12.7. The Morgan fingerprint density at radius 1 is 1.11 bits per heavy atom. The van der Waals surface area contributed by atoms with Crippen LogP contribution in [0.25, 0.3) is 0 Å². The van der Waals surface area contributed by atoms with Crippen molar-refractivity contribution in [2.75, 3.05) is 6.54 Å². The van der Waals surface area contributed by atoms with Gasteiger partial charge in [0.25, 0.3) is 5.91 Å². The molecule has 8 heteroatoms. The van der Waals surface area contributed by atoms with Gasteiger partial charge in [-0.3, -0.25) is 4.79 Å². The van der Waals surface area contributed by atoms with Crippen LogP contribution in [0.5, 0.6) is 0 Å². The van der Waals surface area contributed by atoms with E-state index in [2.05, 4.69) is 10.0 Å². The van der Waals surface area contributed by atoms with E-state index >= 15 is 0 Å². The van der Waals surface area contributed by atoms with Crippen LogP contribution in [0.1, 0.15) is 28.4 Å². The first-order valence-corrected chi connectivity index (χ1v) is 9.91. The molecule has 7 nitrogen and oxygen atoms in total. The van der Waals surface area contributed by atoms with Gasteiger partial charge < -0.3 is 10.4 Å². The third-order valence-electron chi connectivity index (χ3n) is 3.98. The molecule has 1 atom stereocenters. The highest BCUT2D eigenvalue weighted by atomic mass is 32.2. The minimum Gasteiger partial charge on any atom is -0.480 e. The van der Waals surface area contributed by atoms with E-state index in [4.69, 9.17) is 0 Å². The molecule has 0 unspecified atom stereocenters. The summed E-state index contributed by atoms with van der Waals surface area (Å²) < 4.78 is 26.7. The number of amides is 1. The Balaban J connectivity index is 2.26. The van der Waals surface area contributed by atoms with Gasteiger partial charge in [0.05, 0.1) is 4.90 Å². The quantitative estimate of drug-likeness (QED) is 0.635. The van der Waals surface area contributed by atoms with Gasteiger partial charge in [0.15, 0.2) is 0 Å². The van der Waals surface area contributed by atoms with E-state index in [1.165, 1.54) is 18.2 Å². The number of carbonyl (C=O) groups is 2. The van der Waals surface area contributed by atoms with Crippen LogP contribution >= 0.6 is 0 Å². The van der Waals surface area contributed by atoms with Crippen LogP contribution < -0.4 is 10.0 Å². The maximum Gasteiger partial charge on any atom is 0.326 e. The number of sulfonamides is 1. The van der Waals surface area contributed by atoms with Gasteiger partial charge in [-0.1, -0.05) is 43.3 Å². The summed E-state index contributed by atoms with van der Waals surface area (Å²) in [5, 5.41) is 11.9. The molecule has 0 aliphatic carbocycles. The average Bonchev–Trinajstić information content (AvgIpc) is 2.62. The number of aliphatic carboxylic acids is 1. The molecule has 0 saturated heterocycles. The molecule has 27 heavy (non-hydrogen) atoms. The summed E-state index contributed by atoms with van der Waals surface area (Å²) in [5.74, 6) is -1.80. The molecule has 2 aromatic carbocycles. The van der Waals surface area contributed by atoms with Crippen molar-refractivity contribution < 1.29 is 23.1 Å². The first-order valence-electron chi connectivity index (χ1n) is 8.42. The molecule has 2 aromatic rings. The van der Waals surface area contributed by atoms with Gasteiger partial charge in [0, 0.05) is 18.5 Å². The highest BCUT2D eigenvalue weighted by Gasteiger charge is 2.23. The van der Waals surface area contributed by atoms with Gasteiger partial charge in [-0.25, -0.2) is 17.9 Å². The van der Waals surface area contributed by atoms with Crippen molar-refractivity contribution >= 4 is 21.9 Å². The second-order valence-corrected chi connectivity index (χ2v) is 7.80. The Labute approximate surface area is 158 Å². The number of carbonyl (C=O) groups excluding carboxylic acids is 1. The maximum absolute atomic E-state index is 12.6. The van der Waals surface area contributed by atoms with Gasteiger partial charge >= 0.3 is 5.97 Å². The Kier molecular flexibility index (Phi) is 6.70. The van der Waals surface area contributed by atoms with E-state index in [0.29, 0.717) is 5.56 Å². The molecule has 3 N–H and O–H groups in total. The molecule has 0 heterocycles. The molecule has 0 aromatic heterocycles. The lowest BCUT2D eigenvalue weighted by molar-refractivity contribution is -0.139. The monoisotopic (exact) mass is 390 g/mol. The van der Waals surface area contributed by atoms with Crippen LogP contribution in [0.2, 0.25) is 0 Å². The molecule has 0 saturated carbocycles. The lowest BCUT2D eigenvalue weighted by Gasteiger charge is -2.16. The number of nitrogens with one attached hydrogen (secondary N) is 2. The maximum atomic E-state index is 12.6. The lowest BCUT2D eigenvalue weighted by Crippen LogP contribution is -2.42. The van der Waals surface area contributed by atoms with Gasteiger partial charge in [0.1, 0.15) is 6.04 Å². The van der Waals surface area contributed by atoms with Crippen LogP contribution in [0, 0.1) is 6.92 Å². The van der Waals surface area contributed by atoms with Crippen molar-refractivity contribution in [2.24, 2.45) is 0 Å². The summed E-state index contributed by atoms with van der Waals surface area (Å²) in [5.41, 5.74) is 1.44. The van der Waals surface area contributed by atoms with Crippen molar-refractivity contribution in [3.8, 4) is 0 Å². The smallest absolute Gasteiger partial charge is 0.326 e. The molecular weight excluding hydrogens is 368 g/mol. The second-order valence-electron chi connectivity index (χ2n) is 6.03. The fourth-order valence-corrected chi connectivity index (χ4v) is 3.64. The fourth-order valence-electron chi connectivity index (χ4n) is 2.57. The lowest BCUT2D eigenvalue weighted by atomic mass is 10.0. The number of carboxylic acid groups (broad SMARTS) is 1. The molecule has 0 fully saturated rings. The Bertz CT molecular complexity index is 926. The second kappa shape index (κ2) is 8.79. The molecule has 1 amide bonds. The van der Waals surface area contributed by atoms with Gasteiger partial charge in [0.2, 0.25) is 10.0 Å². The van der Waals surface area contributed by atoms with E-state index in [1.54, 1.807) is 38.1 Å². The summed E-state index contributed by atoms with van der Waals surface area (Å²) in [6.07, 6.45) is 0.121. The molecule has 0 radical (unpaired) electrons. The van der Waals surface area contributed by atoms with E-state index in [0.717, 1.165) is 5.56 Å². The number of rotatable bonds is 8. The summed E-state index contributed by atoms with van der Waals surface area (Å²) in [6, 6.07) is 12.0. The largest absolute Gasteiger partial charge is 0.480 e. The van der Waals surface area contributed by atoms with Gasteiger partial charge in [-0.2, -0.15) is 0 Å². The Hall–Kier alpha value is -2.71.